The molecule has 0 atom stereocenters. The van der Waals surface area contributed by atoms with Crippen molar-refractivity contribution in [3.05, 3.63) is 60.7 Å². The molecule has 3 heterocycles. The van der Waals surface area contributed by atoms with Crippen LogP contribution in [0.1, 0.15) is 11.0 Å². The summed E-state index contributed by atoms with van der Waals surface area (Å²) in [5.74, 6) is -0.257. The lowest BCUT2D eigenvalue weighted by molar-refractivity contribution is -0.137. The molecule has 0 bridgehead atoms. The number of anilines is 1. The minimum Gasteiger partial charge on any atom is -0.277 e. The number of nitrogens with zero attached hydrogens (tertiary/aromatic N) is 5. The molecule has 12 heteroatoms. The number of benzene rings is 1. The number of rotatable bonds is 4. The van der Waals surface area contributed by atoms with Crippen LogP contribution in [0.5, 0.6) is 0 Å². The van der Waals surface area contributed by atoms with Gasteiger partial charge >= 0.3 is 6.18 Å². The van der Waals surface area contributed by atoms with E-state index in [-0.39, 0.29) is 28.6 Å². The van der Waals surface area contributed by atoms with E-state index in [0.717, 1.165) is 29.3 Å². The highest BCUT2D eigenvalue weighted by Gasteiger charge is 2.31. The van der Waals surface area contributed by atoms with Gasteiger partial charge in [-0.1, -0.05) is 12.1 Å². The van der Waals surface area contributed by atoms with Crippen LogP contribution in [0.25, 0.3) is 16.7 Å². The van der Waals surface area contributed by atoms with Gasteiger partial charge in [-0.2, -0.15) is 23.4 Å². The van der Waals surface area contributed by atoms with Crippen molar-refractivity contribution in [3.63, 3.8) is 0 Å². The van der Waals surface area contributed by atoms with Crippen LogP contribution >= 0.6 is 0 Å². The third-order valence-corrected chi connectivity index (χ3v) is 5.26. The van der Waals surface area contributed by atoms with Gasteiger partial charge in [-0.3, -0.25) is 9.40 Å². The van der Waals surface area contributed by atoms with Gasteiger partial charge in [0.1, 0.15) is 4.90 Å². The first-order valence-electron chi connectivity index (χ1n) is 9.87. The van der Waals surface area contributed by atoms with Gasteiger partial charge in [0.25, 0.3) is 10.0 Å². The molecule has 4 rings (SSSR count). The second-order valence-corrected chi connectivity index (χ2v) is 7.53. The standard InChI is InChI=1S/C17H13F3N6O2S/c1-25-16-11(8-22-25)3-2-4-14(16)24-29(27,28)13-9-23-26(10-13)15-7-12(5-6-21-15)17(18,19)20/h2-10,24H,1H3/i1D3,8D. The molecule has 29 heavy (non-hydrogen) atoms. The number of hydrogen-bond donors (Lipinski definition) is 1. The molecule has 0 aliphatic heterocycles. The van der Waals surface area contributed by atoms with Crippen molar-refractivity contribution in [1.82, 2.24) is 24.5 Å². The lowest BCUT2D eigenvalue weighted by Gasteiger charge is -2.09. The van der Waals surface area contributed by atoms with Crippen molar-refractivity contribution in [1.29, 1.82) is 0 Å². The molecule has 0 amide bonds. The smallest absolute Gasteiger partial charge is 0.277 e. The molecule has 150 valence electrons. The van der Waals surface area contributed by atoms with E-state index in [1.165, 1.54) is 18.2 Å². The van der Waals surface area contributed by atoms with Crippen LogP contribution in [-0.2, 0) is 23.2 Å². The molecule has 4 aromatic rings. The van der Waals surface area contributed by atoms with Crippen LogP contribution in [-0.4, -0.2) is 33.0 Å². The largest absolute Gasteiger partial charge is 0.416 e. The van der Waals surface area contributed by atoms with Crippen molar-refractivity contribution >= 4 is 26.6 Å². The number of aryl methyl sites for hydroxylation is 1. The summed E-state index contributed by atoms with van der Waals surface area (Å²) >= 11 is 0. The summed E-state index contributed by atoms with van der Waals surface area (Å²) in [5, 5.41) is 7.54. The predicted octanol–water partition coefficient (Wildman–Crippen LogP) is 2.97. The van der Waals surface area contributed by atoms with Crippen molar-refractivity contribution in [3.8, 4) is 5.82 Å². The normalized spacial score (nSPS) is 14.9. The molecule has 0 radical (unpaired) electrons. The lowest BCUT2D eigenvalue weighted by atomic mass is 10.2. The fourth-order valence-corrected chi connectivity index (χ4v) is 3.59. The van der Waals surface area contributed by atoms with Crippen molar-refractivity contribution in [2.24, 2.45) is 6.98 Å². The number of sulfonamides is 1. The van der Waals surface area contributed by atoms with E-state index in [4.69, 9.17) is 5.48 Å². The summed E-state index contributed by atoms with van der Waals surface area (Å²) in [6.45, 7) is -2.78. The molecule has 0 spiro atoms. The number of alkyl halides is 3. The van der Waals surface area contributed by atoms with Crippen LogP contribution in [0.2, 0.25) is 0 Å². The Balaban J connectivity index is 1.72. The number of nitrogens with one attached hydrogen (secondary N) is 1. The van der Waals surface area contributed by atoms with E-state index < -0.39 is 33.6 Å². The van der Waals surface area contributed by atoms with E-state index in [0.29, 0.717) is 10.7 Å². The summed E-state index contributed by atoms with van der Waals surface area (Å²) < 4.78 is 98.9. The average molecular weight is 426 g/mol. The molecule has 0 saturated heterocycles. The SMILES string of the molecule is [2H]c1nn(C([2H])([2H])[2H])c2c(NS(=O)(=O)c3cnn(-c4cc(C(F)(F)F)ccn4)c3)cccc12. The zero-order chi connectivity index (χ0) is 24.2. The van der Waals surface area contributed by atoms with E-state index in [1.54, 1.807) is 0 Å². The number of pyridine rings is 1. The molecular formula is C17H13F3N6O2S. The predicted molar refractivity (Wildman–Crippen MR) is 97.9 cm³/mol. The average Bonchev–Trinajstić information content (AvgIpc) is 3.34. The van der Waals surface area contributed by atoms with Gasteiger partial charge in [-0.25, -0.2) is 18.1 Å². The van der Waals surface area contributed by atoms with Crippen LogP contribution in [0.15, 0.2) is 60.0 Å². The maximum atomic E-state index is 12.9. The molecule has 0 aliphatic carbocycles. The first-order chi connectivity index (χ1) is 15.3. The quantitative estimate of drug-likeness (QED) is 0.541. The molecule has 8 nitrogen and oxygen atoms in total. The Morgan fingerprint density at radius 3 is 2.83 bits per heavy atom. The number of aromatic nitrogens is 5. The van der Waals surface area contributed by atoms with Gasteiger partial charge in [0, 0.05) is 22.7 Å². The Morgan fingerprint density at radius 1 is 1.24 bits per heavy atom. The Labute approximate surface area is 168 Å². The minimum absolute atomic E-state index is 0.107. The van der Waals surface area contributed by atoms with Crippen molar-refractivity contribution in [2.75, 3.05) is 4.72 Å². The number of halogens is 3. The highest BCUT2D eigenvalue weighted by atomic mass is 32.2. The van der Waals surface area contributed by atoms with Gasteiger partial charge in [0.05, 0.1) is 36.7 Å². The lowest BCUT2D eigenvalue weighted by Crippen LogP contribution is -2.13. The summed E-state index contributed by atoms with van der Waals surface area (Å²) in [7, 11) is -4.35. The summed E-state index contributed by atoms with van der Waals surface area (Å²) in [4.78, 5) is 3.36. The van der Waals surface area contributed by atoms with Crippen LogP contribution in [0.3, 0.4) is 0 Å². The molecule has 1 aromatic carbocycles. The molecule has 0 unspecified atom stereocenters. The van der Waals surface area contributed by atoms with Crippen LogP contribution in [0.4, 0.5) is 18.9 Å². The second-order valence-electron chi connectivity index (χ2n) is 5.85. The van der Waals surface area contributed by atoms with E-state index >= 15 is 0 Å². The van der Waals surface area contributed by atoms with E-state index in [2.05, 4.69) is 19.9 Å². The second kappa shape index (κ2) is 6.58. The Morgan fingerprint density at radius 2 is 2.07 bits per heavy atom. The first-order valence-corrected chi connectivity index (χ1v) is 9.36. The highest BCUT2D eigenvalue weighted by molar-refractivity contribution is 7.92. The Bertz CT molecular complexity index is 1460. The Hall–Kier alpha value is -3.41. The topological polar surface area (TPSA) is 94.7 Å². The molecule has 3 aromatic heterocycles. The minimum atomic E-state index is -4.62. The third-order valence-electron chi connectivity index (χ3n) is 3.94. The van der Waals surface area contributed by atoms with E-state index in [1.807, 2.05) is 0 Å². The number of hydrogen-bond acceptors (Lipinski definition) is 5. The monoisotopic (exact) mass is 426 g/mol. The maximum Gasteiger partial charge on any atom is 0.416 e. The van der Waals surface area contributed by atoms with Gasteiger partial charge in [0.2, 0.25) is 0 Å². The van der Waals surface area contributed by atoms with Gasteiger partial charge < -0.3 is 0 Å². The first kappa shape index (κ1) is 14.6. The van der Waals surface area contributed by atoms with Crippen LogP contribution in [0, 0.1) is 0 Å². The van der Waals surface area contributed by atoms with Crippen molar-refractivity contribution in [2.45, 2.75) is 11.1 Å². The summed E-state index contributed by atoms with van der Waals surface area (Å²) in [5.41, 5.74) is -1.26. The summed E-state index contributed by atoms with van der Waals surface area (Å²) in [6.07, 6.45) is -2.20. The summed E-state index contributed by atoms with van der Waals surface area (Å²) in [6, 6.07) is 5.60. The van der Waals surface area contributed by atoms with Gasteiger partial charge in [0.15, 0.2) is 5.82 Å². The number of para-hydroxylation sites is 1. The molecule has 0 fully saturated rings. The zero-order valence-corrected chi connectivity index (χ0v) is 15.0. The molecular weight excluding hydrogens is 409 g/mol. The van der Waals surface area contributed by atoms with Crippen LogP contribution < -0.4 is 4.72 Å². The fourth-order valence-electron chi connectivity index (χ4n) is 2.59. The highest BCUT2D eigenvalue weighted by Crippen LogP contribution is 2.30. The maximum absolute atomic E-state index is 12.9. The fraction of sp³-hybridized carbons (Fsp3) is 0.118. The molecule has 0 aliphatic rings. The van der Waals surface area contributed by atoms with Gasteiger partial charge in [-0.05, 0) is 18.2 Å². The van der Waals surface area contributed by atoms with E-state index in [9.17, 15) is 21.6 Å². The van der Waals surface area contributed by atoms with Gasteiger partial charge in [-0.15, -0.1) is 0 Å². The zero-order valence-electron chi connectivity index (χ0n) is 18.2. The molecule has 1 N–H and O–H groups in total. The Kier molecular flexibility index (Phi) is 3.31. The number of fused-ring (bicyclic) bond motifs is 1. The molecule has 0 saturated carbocycles. The third kappa shape index (κ3) is 3.53. The van der Waals surface area contributed by atoms with Crippen molar-refractivity contribution < 1.29 is 27.1 Å².